The van der Waals surface area contributed by atoms with Gasteiger partial charge in [-0.25, -0.2) is 4.98 Å². The molecule has 1 fully saturated rings. The summed E-state index contributed by atoms with van der Waals surface area (Å²) in [6.45, 7) is 3.79. The van der Waals surface area contributed by atoms with Gasteiger partial charge in [0.15, 0.2) is 0 Å². The Morgan fingerprint density at radius 2 is 1.90 bits per heavy atom. The van der Waals surface area contributed by atoms with Crippen molar-refractivity contribution < 1.29 is 9.53 Å². The average Bonchev–Trinajstić information content (AvgIpc) is 3.45. The Balaban J connectivity index is 1.29. The van der Waals surface area contributed by atoms with Crippen molar-refractivity contribution in [1.82, 2.24) is 10.3 Å². The van der Waals surface area contributed by atoms with Gasteiger partial charge in [-0.3, -0.25) is 4.79 Å². The van der Waals surface area contributed by atoms with Crippen LogP contribution >= 0.6 is 22.7 Å². The van der Waals surface area contributed by atoms with Crippen LogP contribution in [0.5, 0.6) is 0 Å². The molecule has 1 aromatic carbocycles. The third-order valence-electron chi connectivity index (χ3n) is 5.83. The summed E-state index contributed by atoms with van der Waals surface area (Å²) in [7, 11) is 0. The first kappa shape index (κ1) is 20.7. The molecule has 162 valence electrons. The maximum atomic E-state index is 12.9. The van der Waals surface area contributed by atoms with Crippen LogP contribution in [0.1, 0.15) is 38.1 Å². The van der Waals surface area contributed by atoms with Crippen molar-refractivity contribution in [3.8, 4) is 11.1 Å². The number of fused-ring (bicyclic) bond motifs is 1. The van der Waals surface area contributed by atoms with E-state index in [9.17, 15) is 4.79 Å². The van der Waals surface area contributed by atoms with Crippen molar-refractivity contribution in [2.24, 2.45) is 0 Å². The van der Waals surface area contributed by atoms with Crippen molar-refractivity contribution in [1.29, 1.82) is 0 Å². The number of aryl methyl sites for hydroxylation is 2. The Hall–Kier alpha value is -2.22. The molecule has 3 aromatic rings. The second kappa shape index (κ2) is 9.51. The van der Waals surface area contributed by atoms with E-state index in [2.05, 4.69) is 22.3 Å². The number of nitrogens with one attached hydrogen (secondary N) is 1. The average molecular weight is 454 g/mol. The van der Waals surface area contributed by atoms with Gasteiger partial charge in [0.1, 0.15) is 0 Å². The number of hydrogen-bond donors (Lipinski definition) is 1. The van der Waals surface area contributed by atoms with E-state index in [0.29, 0.717) is 6.54 Å². The van der Waals surface area contributed by atoms with E-state index < -0.39 is 0 Å². The van der Waals surface area contributed by atoms with Gasteiger partial charge in [-0.05, 0) is 37.3 Å². The van der Waals surface area contributed by atoms with Crippen LogP contribution in [-0.4, -0.2) is 43.7 Å². The third-order valence-corrected chi connectivity index (χ3v) is 8.25. The minimum absolute atomic E-state index is 0.00279. The topological polar surface area (TPSA) is 54.5 Å². The summed E-state index contributed by atoms with van der Waals surface area (Å²) >= 11 is 3.41. The first-order valence-corrected chi connectivity index (χ1v) is 12.7. The van der Waals surface area contributed by atoms with Crippen LogP contribution in [0.4, 0.5) is 5.00 Å². The maximum absolute atomic E-state index is 12.9. The highest BCUT2D eigenvalue weighted by Gasteiger charge is 2.22. The quantitative estimate of drug-likeness (QED) is 0.595. The fourth-order valence-electron chi connectivity index (χ4n) is 4.20. The summed E-state index contributed by atoms with van der Waals surface area (Å²) in [5, 5.41) is 5.43. The summed E-state index contributed by atoms with van der Waals surface area (Å²) in [5.41, 5.74) is 3.57. The zero-order valence-corrected chi connectivity index (χ0v) is 19.2. The minimum Gasteiger partial charge on any atom is -0.378 e. The molecule has 31 heavy (non-hydrogen) atoms. The highest BCUT2D eigenvalue weighted by Crippen LogP contribution is 2.39. The van der Waals surface area contributed by atoms with E-state index in [0.717, 1.165) is 65.2 Å². The Morgan fingerprint density at radius 1 is 1.10 bits per heavy atom. The van der Waals surface area contributed by atoms with E-state index in [4.69, 9.17) is 9.72 Å². The predicted octanol–water partition coefficient (Wildman–Crippen LogP) is 4.56. The lowest BCUT2D eigenvalue weighted by Gasteiger charge is -2.28. The Morgan fingerprint density at radius 3 is 2.71 bits per heavy atom. The number of rotatable bonds is 6. The van der Waals surface area contributed by atoms with E-state index in [1.54, 1.807) is 11.3 Å². The lowest BCUT2D eigenvalue weighted by atomic mass is 10.0. The van der Waals surface area contributed by atoms with Crippen LogP contribution in [-0.2, 0) is 24.0 Å². The smallest absolute Gasteiger partial charge is 0.261 e. The fraction of sp³-hybridized carbons (Fsp3) is 0.417. The molecule has 5 rings (SSSR count). The van der Waals surface area contributed by atoms with Crippen molar-refractivity contribution >= 4 is 33.6 Å². The van der Waals surface area contributed by atoms with Gasteiger partial charge in [0.05, 0.1) is 33.8 Å². The van der Waals surface area contributed by atoms with Crippen LogP contribution in [0.2, 0.25) is 0 Å². The van der Waals surface area contributed by atoms with Gasteiger partial charge < -0.3 is 15.0 Å². The first-order chi connectivity index (χ1) is 15.3. The Kier molecular flexibility index (Phi) is 6.34. The molecule has 0 radical (unpaired) electrons. The number of nitrogens with zero attached hydrogens (tertiary/aromatic N) is 2. The molecular weight excluding hydrogens is 426 g/mol. The highest BCUT2D eigenvalue weighted by atomic mass is 32.1. The molecule has 5 nitrogen and oxygen atoms in total. The molecule has 1 amide bonds. The largest absolute Gasteiger partial charge is 0.378 e. The molecule has 3 heterocycles. The summed E-state index contributed by atoms with van der Waals surface area (Å²) in [5.74, 6) is 0.00279. The molecule has 0 atom stereocenters. The van der Waals surface area contributed by atoms with Gasteiger partial charge in [0.25, 0.3) is 5.91 Å². The maximum Gasteiger partial charge on any atom is 0.261 e. The second-order valence-electron chi connectivity index (χ2n) is 7.99. The van der Waals surface area contributed by atoms with Gasteiger partial charge >= 0.3 is 0 Å². The number of carbonyl (C=O) groups is 1. The monoisotopic (exact) mass is 453 g/mol. The van der Waals surface area contributed by atoms with E-state index in [-0.39, 0.29) is 5.91 Å². The number of thiazole rings is 1. The molecule has 1 aliphatic heterocycles. The number of thiophene rings is 1. The Bertz CT molecular complexity index is 1020. The Labute approximate surface area is 191 Å². The van der Waals surface area contributed by atoms with Crippen LogP contribution in [0.3, 0.4) is 0 Å². The fourth-order valence-corrected chi connectivity index (χ4v) is 6.51. The van der Waals surface area contributed by atoms with Crippen molar-refractivity contribution in [3.63, 3.8) is 0 Å². The van der Waals surface area contributed by atoms with Crippen LogP contribution in [0.15, 0.2) is 36.4 Å². The summed E-state index contributed by atoms with van der Waals surface area (Å²) in [4.78, 5) is 22.3. The van der Waals surface area contributed by atoms with E-state index in [1.165, 1.54) is 29.8 Å². The number of carbonyl (C=O) groups excluding carboxylic acids is 1. The molecular formula is C24H27N3O2S2. The third kappa shape index (κ3) is 4.68. The lowest BCUT2D eigenvalue weighted by Crippen LogP contribution is -2.35. The normalized spacial score (nSPS) is 16.2. The summed E-state index contributed by atoms with van der Waals surface area (Å²) in [6.07, 6.45) is 5.61. The second-order valence-corrected chi connectivity index (χ2v) is 10.2. The van der Waals surface area contributed by atoms with Gasteiger partial charge in [0.2, 0.25) is 0 Å². The summed E-state index contributed by atoms with van der Waals surface area (Å²) in [6, 6.07) is 12.4. The molecule has 0 unspecified atom stereocenters. The number of anilines is 1. The van der Waals surface area contributed by atoms with Crippen LogP contribution in [0.25, 0.3) is 11.1 Å². The zero-order valence-electron chi connectivity index (χ0n) is 17.6. The standard InChI is InChI=1S/C24H27N3O2S2/c28-23(25-11-10-22-26-19-8-4-5-9-20(19)30-22)21-16-18(17-6-2-1-3-7-17)24(31-21)27-12-14-29-15-13-27/h1-3,6-7,16H,4-5,8-15H2,(H,25,28). The molecule has 1 aliphatic carbocycles. The molecule has 1 N–H and O–H groups in total. The first-order valence-electron chi connectivity index (χ1n) is 11.1. The number of morpholine rings is 1. The van der Waals surface area contributed by atoms with Crippen LogP contribution < -0.4 is 10.2 Å². The molecule has 0 bridgehead atoms. The lowest BCUT2D eigenvalue weighted by molar-refractivity contribution is 0.0958. The number of amides is 1. The predicted molar refractivity (Wildman–Crippen MR) is 128 cm³/mol. The van der Waals surface area contributed by atoms with Crippen molar-refractivity contribution in [2.75, 3.05) is 37.7 Å². The molecule has 2 aromatic heterocycles. The number of benzene rings is 1. The number of hydrogen-bond acceptors (Lipinski definition) is 6. The van der Waals surface area contributed by atoms with E-state index >= 15 is 0 Å². The number of ether oxygens (including phenoxy) is 1. The molecule has 0 saturated carbocycles. The number of aromatic nitrogens is 1. The summed E-state index contributed by atoms with van der Waals surface area (Å²) < 4.78 is 5.53. The molecule has 1 saturated heterocycles. The SMILES string of the molecule is O=C(NCCc1nc2c(s1)CCCC2)c1cc(-c2ccccc2)c(N2CCOCC2)s1. The zero-order chi connectivity index (χ0) is 21.0. The van der Waals surface area contributed by atoms with Gasteiger partial charge in [-0.15, -0.1) is 22.7 Å². The van der Waals surface area contributed by atoms with Gasteiger partial charge in [-0.1, -0.05) is 30.3 Å². The molecule has 7 heteroatoms. The van der Waals surface area contributed by atoms with Crippen molar-refractivity contribution in [2.45, 2.75) is 32.1 Å². The molecule has 2 aliphatic rings. The van der Waals surface area contributed by atoms with Crippen LogP contribution in [0, 0.1) is 0 Å². The van der Waals surface area contributed by atoms with Gasteiger partial charge in [0, 0.05) is 36.5 Å². The van der Waals surface area contributed by atoms with Crippen molar-refractivity contribution in [3.05, 3.63) is 56.9 Å². The minimum atomic E-state index is 0.00279. The van der Waals surface area contributed by atoms with Gasteiger partial charge in [-0.2, -0.15) is 0 Å². The highest BCUT2D eigenvalue weighted by molar-refractivity contribution is 7.18. The van der Waals surface area contributed by atoms with E-state index in [1.807, 2.05) is 35.6 Å². The molecule has 0 spiro atoms.